The summed E-state index contributed by atoms with van der Waals surface area (Å²) in [6, 6.07) is 6.90. The molecule has 0 saturated carbocycles. The maximum absolute atomic E-state index is 13.5. The number of fused-ring (bicyclic) bond motifs is 1. The number of piperidine rings is 1. The molecule has 2 atom stereocenters. The highest BCUT2D eigenvalue weighted by Crippen LogP contribution is 2.49. The molecule has 1 unspecified atom stereocenters. The van der Waals surface area contributed by atoms with E-state index in [0.717, 1.165) is 11.3 Å². The van der Waals surface area contributed by atoms with Gasteiger partial charge in [0.25, 0.3) is 5.56 Å². The van der Waals surface area contributed by atoms with Crippen molar-refractivity contribution < 1.29 is 9.29 Å². The number of benzene rings is 1. The van der Waals surface area contributed by atoms with E-state index in [1.807, 2.05) is 26.8 Å². The molecular formula is C27H31Cl2N5O3S. The molecule has 5 rings (SSSR count). The van der Waals surface area contributed by atoms with Gasteiger partial charge >= 0.3 is 0 Å². The van der Waals surface area contributed by atoms with Gasteiger partial charge in [0, 0.05) is 49.1 Å². The highest BCUT2D eigenvalue weighted by atomic mass is 35.5. The van der Waals surface area contributed by atoms with Crippen molar-refractivity contribution in [3.8, 4) is 11.4 Å². The first-order valence-corrected chi connectivity index (χ1v) is 14.4. The number of halogens is 2. The van der Waals surface area contributed by atoms with Crippen LogP contribution in [-0.4, -0.2) is 42.5 Å². The Kier molecular flexibility index (Phi) is 7.19. The molecule has 8 nitrogen and oxygen atoms in total. The standard InChI is InChI=1S/C27H31Cl2N5O3S/c1-16-24(31-17(2)34(25(16)35)20-8-6-7-19(28)22(20)29)33-13-10-27(11-14-33)23(32-38(36)26(3,4)5)18-9-12-30-15-21(18)37-27/h6-9,12,15,23,32H,10-11,13-14H2,1-5H3/t23?,38-/m0/s1. The highest BCUT2D eigenvalue weighted by Gasteiger charge is 2.53. The zero-order valence-electron chi connectivity index (χ0n) is 22.0. The van der Waals surface area contributed by atoms with E-state index in [1.165, 1.54) is 4.57 Å². The van der Waals surface area contributed by atoms with Gasteiger partial charge in [-0.2, -0.15) is 0 Å². The van der Waals surface area contributed by atoms with Crippen molar-refractivity contribution in [3.63, 3.8) is 0 Å². The quantitative estimate of drug-likeness (QED) is 0.433. The molecule has 2 aliphatic rings. The van der Waals surface area contributed by atoms with E-state index in [9.17, 15) is 9.35 Å². The lowest BCUT2D eigenvalue weighted by Crippen LogP contribution is -2.55. The molecule has 1 aromatic carbocycles. The Morgan fingerprint density at radius 3 is 2.58 bits per heavy atom. The lowest BCUT2D eigenvalue weighted by atomic mass is 9.83. The van der Waals surface area contributed by atoms with Gasteiger partial charge in [-0.1, -0.05) is 29.3 Å². The SMILES string of the molecule is Cc1c(N2CCC3(CC2)Oc2cnccc2C3N[S@@+]([O-])C(C)(C)C)nc(C)n(-c2cccc(Cl)c2Cl)c1=O. The molecule has 38 heavy (non-hydrogen) atoms. The van der Waals surface area contributed by atoms with Crippen molar-refractivity contribution in [3.05, 3.63) is 74.0 Å². The van der Waals surface area contributed by atoms with E-state index < -0.39 is 21.7 Å². The summed E-state index contributed by atoms with van der Waals surface area (Å²) in [7, 11) is 0. The second kappa shape index (κ2) is 10.0. The van der Waals surface area contributed by atoms with Gasteiger partial charge in [0.15, 0.2) is 0 Å². The van der Waals surface area contributed by atoms with Crippen molar-refractivity contribution in [2.75, 3.05) is 18.0 Å². The van der Waals surface area contributed by atoms with Crippen molar-refractivity contribution in [1.82, 2.24) is 19.3 Å². The second-order valence-electron chi connectivity index (χ2n) is 10.8. The lowest BCUT2D eigenvalue weighted by molar-refractivity contribution is 0.0377. The fourth-order valence-corrected chi connectivity index (χ4v) is 6.46. The van der Waals surface area contributed by atoms with E-state index in [-0.39, 0.29) is 11.6 Å². The normalized spacial score (nSPS) is 19.4. The average Bonchev–Trinajstić information content (AvgIpc) is 3.16. The first-order valence-electron chi connectivity index (χ1n) is 12.5. The van der Waals surface area contributed by atoms with Gasteiger partial charge < -0.3 is 14.2 Å². The molecule has 1 saturated heterocycles. The molecule has 0 radical (unpaired) electrons. The van der Waals surface area contributed by atoms with Gasteiger partial charge in [0.1, 0.15) is 33.8 Å². The summed E-state index contributed by atoms with van der Waals surface area (Å²) in [6.45, 7) is 10.7. The number of nitrogens with zero attached hydrogens (tertiary/aromatic N) is 4. The Hall–Kier alpha value is -2.30. The summed E-state index contributed by atoms with van der Waals surface area (Å²) in [5.74, 6) is 1.89. The topological polar surface area (TPSA) is 95.3 Å². The third-order valence-corrected chi connectivity index (χ3v) is 9.65. The van der Waals surface area contributed by atoms with Crippen LogP contribution in [0.25, 0.3) is 5.69 Å². The van der Waals surface area contributed by atoms with Crippen LogP contribution in [0.2, 0.25) is 10.0 Å². The van der Waals surface area contributed by atoms with Crippen LogP contribution in [0, 0.1) is 13.8 Å². The summed E-state index contributed by atoms with van der Waals surface area (Å²) in [5.41, 5.74) is 1.25. The number of nitrogens with one attached hydrogen (secondary N) is 1. The summed E-state index contributed by atoms with van der Waals surface area (Å²) in [4.78, 5) is 24.7. The summed E-state index contributed by atoms with van der Waals surface area (Å²) < 4.78 is 24.1. The molecule has 3 aromatic rings. The van der Waals surface area contributed by atoms with Crippen molar-refractivity contribution in [2.24, 2.45) is 0 Å². The van der Waals surface area contributed by atoms with Crippen LogP contribution in [-0.2, 0) is 11.4 Å². The zero-order chi connectivity index (χ0) is 27.4. The van der Waals surface area contributed by atoms with Crippen LogP contribution >= 0.6 is 23.2 Å². The second-order valence-corrected chi connectivity index (χ2v) is 13.6. The predicted molar refractivity (Wildman–Crippen MR) is 152 cm³/mol. The first-order chi connectivity index (χ1) is 17.9. The molecule has 1 fully saturated rings. The minimum absolute atomic E-state index is 0.187. The highest BCUT2D eigenvalue weighted by molar-refractivity contribution is 7.90. The molecule has 2 aromatic heterocycles. The van der Waals surface area contributed by atoms with E-state index in [2.05, 4.69) is 14.6 Å². The molecular weight excluding hydrogens is 545 g/mol. The van der Waals surface area contributed by atoms with Gasteiger partial charge in [0.05, 0.1) is 27.5 Å². The summed E-state index contributed by atoms with van der Waals surface area (Å²) >= 11 is 11.3. The minimum Gasteiger partial charge on any atom is -0.598 e. The first kappa shape index (κ1) is 27.3. The van der Waals surface area contributed by atoms with E-state index in [4.69, 9.17) is 32.9 Å². The lowest BCUT2D eigenvalue weighted by Gasteiger charge is -2.43. The van der Waals surface area contributed by atoms with Crippen molar-refractivity contribution in [2.45, 2.75) is 63.9 Å². The minimum atomic E-state index is -1.28. The van der Waals surface area contributed by atoms with Crippen LogP contribution < -0.4 is 19.9 Å². The van der Waals surface area contributed by atoms with Crippen molar-refractivity contribution >= 4 is 40.4 Å². The van der Waals surface area contributed by atoms with Crippen LogP contribution in [0.15, 0.2) is 41.5 Å². The fraction of sp³-hybridized carbons (Fsp3) is 0.444. The van der Waals surface area contributed by atoms with Gasteiger partial charge in [0.2, 0.25) is 0 Å². The van der Waals surface area contributed by atoms with E-state index in [1.54, 1.807) is 44.4 Å². The molecule has 202 valence electrons. The van der Waals surface area contributed by atoms with Crippen molar-refractivity contribution in [1.29, 1.82) is 0 Å². The zero-order valence-corrected chi connectivity index (χ0v) is 24.4. The average molecular weight is 577 g/mol. The van der Waals surface area contributed by atoms with Crippen LogP contribution in [0.3, 0.4) is 0 Å². The summed E-state index contributed by atoms with van der Waals surface area (Å²) in [6.07, 6.45) is 4.78. The Morgan fingerprint density at radius 1 is 1.18 bits per heavy atom. The third-order valence-electron chi connectivity index (χ3n) is 7.28. The number of hydrogen-bond acceptors (Lipinski definition) is 7. The maximum Gasteiger partial charge on any atom is 0.263 e. The summed E-state index contributed by atoms with van der Waals surface area (Å²) in [5, 5.41) is 0.689. The molecule has 0 amide bonds. The molecule has 11 heteroatoms. The number of aromatic nitrogens is 3. The smallest absolute Gasteiger partial charge is 0.263 e. The number of rotatable bonds is 4. The molecule has 1 N–H and O–H groups in total. The Balaban J connectivity index is 1.43. The number of pyridine rings is 1. The molecule has 2 aliphatic heterocycles. The third kappa shape index (κ3) is 4.69. The fourth-order valence-electron chi connectivity index (χ4n) is 5.17. The molecule has 0 aliphatic carbocycles. The molecule has 4 heterocycles. The Bertz CT molecular complexity index is 1430. The van der Waals surface area contributed by atoms with Gasteiger partial charge in [-0.05, 0) is 52.8 Å². The number of hydrogen-bond donors (Lipinski definition) is 1. The van der Waals surface area contributed by atoms with E-state index in [0.29, 0.717) is 58.9 Å². The van der Waals surface area contributed by atoms with Gasteiger partial charge in [-0.15, -0.1) is 4.72 Å². The van der Waals surface area contributed by atoms with Gasteiger partial charge in [-0.25, -0.2) is 4.98 Å². The predicted octanol–water partition coefficient (Wildman–Crippen LogP) is 5.08. The van der Waals surface area contributed by atoms with Gasteiger partial charge in [-0.3, -0.25) is 14.3 Å². The molecule has 0 bridgehead atoms. The number of anilines is 1. The Labute approximate surface area is 235 Å². The van der Waals surface area contributed by atoms with Crippen LogP contribution in [0.4, 0.5) is 5.82 Å². The number of aryl methyl sites for hydroxylation is 1. The number of ether oxygens (including phenoxy) is 1. The maximum atomic E-state index is 13.5. The Morgan fingerprint density at radius 2 is 1.89 bits per heavy atom. The van der Waals surface area contributed by atoms with Crippen LogP contribution in [0.5, 0.6) is 5.75 Å². The largest absolute Gasteiger partial charge is 0.598 e. The van der Waals surface area contributed by atoms with Crippen LogP contribution in [0.1, 0.15) is 56.6 Å². The van der Waals surface area contributed by atoms with E-state index >= 15 is 0 Å². The monoisotopic (exact) mass is 575 g/mol. The molecule has 1 spiro atoms.